The first kappa shape index (κ1) is 24.1. The molecule has 0 fully saturated rings. The van der Waals surface area contributed by atoms with Crippen molar-refractivity contribution in [1.29, 1.82) is 0 Å². The van der Waals surface area contributed by atoms with Crippen LogP contribution in [-0.2, 0) is 24.1 Å². The third kappa shape index (κ3) is 6.97. The molecule has 0 aromatic heterocycles. The van der Waals surface area contributed by atoms with Crippen molar-refractivity contribution in [3.05, 3.63) is 71.0 Å². The second-order valence-electron chi connectivity index (χ2n) is 7.57. The number of benzene rings is 2. The summed E-state index contributed by atoms with van der Waals surface area (Å²) in [6, 6.07) is 15.5. The van der Waals surface area contributed by atoms with Crippen molar-refractivity contribution in [2.24, 2.45) is 4.99 Å². The van der Waals surface area contributed by atoms with Crippen LogP contribution in [0.4, 0.5) is 4.39 Å². The molecule has 0 radical (unpaired) electrons. The maximum absolute atomic E-state index is 13.8. The lowest BCUT2D eigenvalue weighted by Crippen LogP contribution is -2.46. The minimum atomic E-state index is -0.201. The molecular weight excluding hydrogens is 494 g/mol. The number of hydrogen-bond donors (Lipinski definition) is 2. The summed E-state index contributed by atoms with van der Waals surface area (Å²) in [7, 11) is 3.43. The third-order valence-electron chi connectivity index (χ3n) is 5.20. The van der Waals surface area contributed by atoms with Gasteiger partial charge in [-0.1, -0.05) is 42.5 Å². The molecule has 3 rings (SSSR count). The number of carbonyl (C=O) groups excluding carboxylic acids is 1. The topological polar surface area (TPSA) is 56.7 Å². The molecule has 5 nitrogen and oxygen atoms in total. The van der Waals surface area contributed by atoms with Gasteiger partial charge in [-0.25, -0.2) is 9.38 Å². The number of guanidine groups is 1. The molecule has 0 aliphatic heterocycles. The van der Waals surface area contributed by atoms with Gasteiger partial charge in [-0.2, -0.15) is 0 Å². The summed E-state index contributed by atoms with van der Waals surface area (Å²) < 4.78 is 13.8. The molecule has 1 atom stereocenters. The Morgan fingerprint density at radius 2 is 1.83 bits per heavy atom. The second-order valence-corrected chi connectivity index (χ2v) is 7.57. The van der Waals surface area contributed by atoms with Crippen LogP contribution in [0.1, 0.15) is 23.1 Å². The third-order valence-corrected chi connectivity index (χ3v) is 5.20. The zero-order chi connectivity index (χ0) is 20.6. The monoisotopic (exact) mass is 524 g/mol. The number of fused-ring (bicyclic) bond motifs is 1. The lowest BCUT2D eigenvalue weighted by Gasteiger charge is -2.27. The van der Waals surface area contributed by atoms with Gasteiger partial charge in [-0.05, 0) is 48.4 Å². The van der Waals surface area contributed by atoms with Crippen LogP contribution < -0.4 is 10.6 Å². The summed E-state index contributed by atoms with van der Waals surface area (Å²) in [5.41, 5.74) is 3.42. The highest BCUT2D eigenvalue weighted by Gasteiger charge is 2.19. The van der Waals surface area contributed by atoms with Gasteiger partial charge in [0.05, 0.1) is 0 Å². The van der Waals surface area contributed by atoms with E-state index >= 15 is 0 Å². The van der Waals surface area contributed by atoms with E-state index in [1.807, 2.05) is 6.07 Å². The molecule has 2 aromatic carbocycles. The lowest BCUT2D eigenvalue weighted by molar-refractivity contribution is -0.127. The molecular formula is C23H30FIN4O. The molecule has 30 heavy (non-hydrogen) atoms. The molecule has 0 saturated carbocycles. The van der Waals surface area contributed by atoms with E-state index in [1.54, 1.807) is 26.2 Å². The summed E-state index contributed by atoms with van der Waals surface area (Å²) in [4.78, 5) is 17.9. The molecule has 0 bridgehead atoms. The molecule has 2 N–H and O–H groups in total. The Bertz CT molecular complexity index is 872. The fourth-order valence-electron chi connectivity index (χ4n) is 3.47. The Kier molecular flexibility index (Phi) is 9.55. The van der Waals surface area contributed by atoms with Crippen molar-refractivity contribution in [3.8, 4) is 0 Å². The normalized spacial score (nSPS) is 15.6. The number of nitrogens with one attached hydrogen (secondary N) is 2. The van der Waals surface area contributed by atoms with E-state index in [9.17, 15) is 9.18 Å². The van der Waals surface area contributed by atoms with E-state index in [0.717, 1.165) is 19.3 Å². The molecule has 2 aromatic rings. The van der Waals surface area contributed by atoms with Gasteiger partial charge in [-0.15, -0.1) is 24.0 Å². The molecule has 7 heteroatoms. The number of likely N-dealkylation sites (N-methyl/N-ethyl adjacent to an activating group) is 1. The van der Waals surface area contributed by atoms with Crippen molar-refractivity contribution in [1.82, 2.24) is 15.5 Å². The minimum Gasteiger partial charge on any atom is -0.356 e. The van der Waals surface area contributed by atoms with Crippen LogP contribution in [0, 0.1) is 5.82 Å². The van der Waals surface area contributed by atoms with E-state index < -0.39 is 0 Å². The second kappa shape index (κ2) is 11.9. The van der Waals surface area contributed by atoms with Crippen molar-refractivity contribution >= 4 is 35.8 Å². The van der Waals surface area contributed by atoms with Crippen LogP contribution in [0.15, 0.2) is 53.5 Å². The number of amides is 1. The van der Waals surface area contributed by atoms with Crippen LogP contribution in [0.2, 0.25) is 0 Å². The lowest BCUT2D eigenvalue weighted by atomic mass is 9.88. The molecule has 1 aliphatic rings. The van der Waals surface area contributed by atoms with Gasteiger partial charge in [0.1, 0.15) is 12.4 Å². The Morgan fingerprint density at radius 1 is 1.13 bits per heavy atom. The van der Waals surface area contributed by atoms with Gasteiger partial charge >= 0.3 is 0 Å². The van der Waals surface area contributed by atoms with Gasteiger partial charge in [0, 0.05) is 26.7 Å². The SMILES string of the molecule is CN(C)C(=O)CN=C(NCCc1ccccc1F)NC1CCc2ccccc2C1.I. The van der Waals surface area contributed by atoms with Crippen molar-refractivity contribution in [3.63, 3.8) is 0 Å². The maximum Gasteiger partial charge on any atom is 0.243 e. The number of nitrogens with zero attached hydrogens (tertiary/aromatic N) is 2. The van der Waals surface area contributed by atoms with Crippen LogP contribution in [-0.4, -0.2) is 50.0 Å². The van der Waals surface area contributed by atoms with Gasteiger partial charge in [0.25, 0.3) is 0 Å². The zero-order valence-electron chi connectivity index (χ0n) is 17.5. The number of hydrogen-bond acceptors (Lipinski definition) is 2. The van der Waals surface area contributed by atoms with Gasteiger partial charge < -0.3 is 15.5 Å². The van der Waals surface area contributed by atoms with E-state index in [2.05, 4.69) is 39.9 Å². The fraction of sp³-hybridized carbons (Fsp3) is 0.391. The van der Waals surface area contributed by atoms with Crippen molar-refractivity contribution in [2.45, 2.75) is 31.7 Å². The average molecular weight is 524 g/mol. The van der Waals surface area contributed by atoms with Crippen molar-refractivity contribution < 1.29 is 9.18 Å². The molecule has 1 amide bonds. The number of aliphatic imine (C=N–C) groups is 1. The predicted octanol–water partition coefficient (Wildman–Crippen LogP) is 3.17. The first-order chi connectivity index (χ1) is 14.0. The minimum absolute atomic E-state index is 0. The standard InChI is InChI=1S/C23H29FN4O.HI/c1-28(2)22(29)16-26-23(25-14-13-18-8-5-6-10-21(18)24)27-20-12-11-17-7-3-4-9-19(17)15-20;/h3-10,20H,11-16H2,1-2H3,(H2,25,26,27);1H. The number of halogens is 2. The molecule has 1 aliphatic carbocycles. The predicted molar refractivity (Wildman–Crippen MR) is 130 cm³/mol. The number of rotatable bonds is 6. The van der Waals surface area contributed by atoms with Crippen LogP contribution >= 0.6 is 24.0 Å². The van der Waals surface area contributed by atoms with E-state index in [1.165, 1.54) is 22.1 Å². The first-order valence-corrected chi connectivity index (χ1v) is 10.1. The Hall–Kier alpha value is -2.16. The smallest absolute Gasteiger partial charge is 0.243 e. The first-order valence-electron chi connectivity index (χ1n) is 10.1. The highest BCUT2D eigenvalue weighted by molar-refractivity contribution is 14.0. The largest absolute Gasteiger partial charge is 0.356 e. The maximum atomic E-state index is 13.8. The van der Waals surface area contributed by atoms with Gasteiger partial charge in [0.2, 0.25) is 5.91 Å². The molecule has 0 saturated heterocycles. The average Bonchev–Trinajstić information content (AvgIpc) is 2.72. The summed E-state index contributed by atoms with van der Waals surface area (Å²) in [5.74, 6) is 0.336. The summed E-state index contributed by atoms with van der Waals surface area (Å²) in [5, 5.41) is 6.73. The highest BCUT2D eigenvalue weighted by Crippen LogP contribution is 2.20. The summed E-state index contributed by atoms with van der Waals surface area (Å²) >= 11 is 0. The Labute approximate surface area is 195 Å². The number of aryl methyl sites for hydroxylation is 1. The Morgan fingerprint density at radius 3 is 2.57 bits per heavy atom. The van der Waals surface area contributed by atoms with Crippen LogP contribution in [0.25, 0.3) is 0 Å². The van der Waals surface area contributed by atoms with Crippen LogP contribution in [0.3, 0.4) is 0 Å². The fourth-order valence-corrected chi connectivity index (χ4v) is 3.47. The Balaban J connectivity index is 0.00000320. The van der Waals surface area contributed by atoms with E-state index in [-0.39, 0.29) is 48.3 Å². The number of carbonyl (C=O) groups is 1. The quantitative estimate of drug-likeness (QED) is 0.347. The van der Waals surface area contributed by atoms with Gasteiger partial charge in [-0.3, -0.25) is 4.79 Å². The zero-order valence-corrected chi connectivity index (χ0v) is 19.9. The summed E-state index contributed by atoms with van der Waals surface area (Å²) in [6.07, 6.45) is 3.49. The summed E-state index contributed by atoms with van der Waals surface area (Å²) in [6.45, 7) is 0.609. The van der Waals surface area contributed by atoms with Crippen LogP contribution in [0.5, 0.6) is 0 Å². The highest BCUT2D eigenvalue weighted by atomic mass is 127. The molecule has 0 spiro atoms. The molecule has 0 heterocycles. The van der Waals surface area contributed by atoms with E-state index in [0.29, 0.717) is 24.5 Å². The molecule has 1 unspecified atom stereocenters. The van der Waals surface area contributed by atoms with Gasteiger partial charge in [0.15, 0.2) is 5.96 Å². The molecule has 162 valence electrons. The van der Waals surface area contributed by atoms with Crippen molar-refractivity contribution in [2.75, 3.05) is 27.2 Å². The van der Waals surface area contributed by atoms with E-state index in [4.69, 9.17) is 0 Å².